The van der Waals surface area contributed by atoms with Gasteiger partial charge in [-0.05, 0) is 50.3 Å². The Bertz CT molecular complexity index is 594. The zero-order chi connectivity index (χ0) is 14.2. The molecule has 0 saturated heterocycles. The van der Waals surface area contributed by atoms with Gasteiger partial charge < -0.3 is 10.2 Å². The minimum absolute atomic E-state index is 0.405. The SMILES string of the molecule is CNCC1(C(c2cccc3ccccc23)N(C)C)CC1. The van der Waals surface area contributed by atoms with Gasteiger partial charge in [-0.3, -0.25) is 0 Å². The average molecular weight is 268 g/mol. The normalized spacial score (nSPS) is 18.4. The van der Waals surface area contributed by atoms with E-state index >= 15 is 0 Å². The van der Waals surface area contributed by atoms with Crippen LogP contribution in [0.15, 0.2) is 42.5 Å². The molecule has 20 heavy (non-hydrogen) atoms. The summed E-state index contributed by atoms with van der Waals surface area (Å²) < 4.78 is 0. The molecule has 0 bridgehead atoms. The molecular weight excluding hydrogens is 244 g/mol. The summed E-state index contributed by atoms with van der Waals surface area (Å²) in [6, 6.07) is 15.9. The van der Waals surface area contributed by atoms with Gasteiger partial charge in [-0.2, -0.15) is 0 Å². The fourth-order valence-electron chi connectivity index (χ4n) is 3.70. The number of nitrogens with one attached hydrogen (secondary N) is 1. The van der Waals surface area contributed by atoms with Crippen molar-refractivity contribution < 1.29 is 0 Å². The van der Waals surface area contributed by atoms with Crippen LogP contribution < -0.4 is 5.32 Å². The van der Waals surface area contributed by atoms with Crippen LogP contribution in [-0.2, 0) is 0 Å². The van der Waals surface area contributed by atoms with E-state index in [0.29, 0.717) is 11.5 Å². The van der Waals surface area contributed by atoms with Crippen molar-refractivity contribution in [2.45, 2.75) is 18.9 Å². The molecule has 106 valence electrons. The third-order valence-electron chi connectivity index (χ3n) is 4.64. The predicted octanol–water partition coefficient (Wildman–Crippen LogP) is 3.44. The third kappa shape index (κ3) is 2.23. The van der Waals surface area contributed by atoms with Crippen LogP contribution in [0, 0.1) is 5.41 Å². The lowest BCUT2D eigenvalue weighted by atomic mass is 9.86. The van der Waals surface area contributed by atoms with Gasteiger partial charge in [0.1, 0.15) is 0 Å². The summed E-state index contributed by atoms with van der Waals surface area (Å²) in [5.74, 6) is 0. The molecule has 2 aromatic carbocycles. The van der Waals surface area contributed by atoms with Crippen molar-refractivity contribution in [3.05, 3.63) is 48.0 Å². The summed E-state index contributed by atoms with van der Waals surface area (Å²) in [7, 11) is 6.49. The Balaban J connectivity index is 2.11. The molecule has 0 spiro atoms. The molecule has 0 radical (unpaired) electrons. The molecule has 1 atom stereocenters. The summed E-state index contributed by atoms with van der Waals surface area (Å²) in [6.45, 7) is 1.10. The molecule has 0 amide bonds. The smallest absolute Gasteiger partial charge is 0.0416 e. The molecule has 0 aliphatic heterocycles. The van der Waals surface area contributed by atoms with Gasteiger partial charge in [0.2, 0.25) is 0 Å². The quantitative estimate of drug-likeness (QED) is 0.893. The lowest BCUT2D eigenvalue weighted by Crippen LogP contribution is -2.34. The summed E-state index contributed by atoms with van der Waals surface area (Å²) in [6.07, 6.45) is 2.64. The van der Waals surface area contributed by atoms with Crippen molar-refractivity contribution in [3.63, 3.8) is 0 Å². The minimum atomic E-state index is 0.405. The topological polar surface area (TPSA) is 15.3 Å². The van der Waals surface area contributed by atoms with E-state index in [1.54, 1.807) is 0 Å². The molecule has 1 aliphatic carbocycles. The minimum Gasteiger partial charge on any atom is -0.319 e. The number of fused-ring (bicyclic) bond motifs is 1. The van der Waals surface area contributed by atoms with Crippen LogP contribution >= 0.6 is 0 Å². The summed E-state index contributed by atoms with van der Waals surface area (Å²) >= 11 is 0. The Morgan fingerprint density at radius 1 is 1.10 bits per heavy atom. The highest BCUT2D eigenvalue weighted by atomic mass is 15.1. The molecule has 1 fully saturated rings. The Labute approximate surface area is 121 Å². The van der Waals surface area contributed by atoms with E-state index in [0.717, 1.165) is 6.54 Å². The largest absolute Gasteiger partial charge is 0.319 e. The van der Waals surface area contributed by atoms with Gasteiger partial charge in [0.05, 0.1) is 0 Å². The fourth-order valence-corrected chi connectivity index (χ4v) is 3.70. The molecule has 1 aliphatic rings. The van der Waals surface area contributed by atoms with E-state index < -0.39 is 0 Å². The summed E-state index contributed by atoms with van der Waals surface area (Å²) in [4.78, 5) is 2.39. The van der Waals surface area contributed by atoms with E-state index in [-0.39, 0.29) is 0 Å². The number of hydrogen-bond donors (Lipinski definition) is 1. The number of benzene rings is 2. The van der Waals surface area contributed by atoms with E-state index in [1.807, 2.05) is 0 Å². The Hall–Kier alpha value is -1.38. The van der Waals surface area contributed by atoms with Crippen LogP contribution in [0.1, 0.15) is 24.4 Å². The third-order valence-corrected chi connectivity index (χ3v) is 4.64. The van der Waals surface area contributed by atoms with Gasteiger partial charge in [-0.1, -0.05) is 42.5 Å². The molecule has 0 aromatic heterocycles. The fraction of sp³-hybridized carbons (Fsp3) is 0.444. The van der Waals surface area contributed by atoms with Crippen molar-refractivity contribution in [2.24, 2.45) is 5.41 Å². The van der Waals surface area contributed by atoms with E-state index in [9.17, 15) is 0 Å². The van der Waals surface area contributed by atoms with Gasteiger partial charge >= 0.3 is 0 Å². The molecule has 3 rings (SSSR count). The van der Waals surface area contributed by atoms with E-state index in [2.05, 4.69) is 73.8 Å². The average Bonchev–Trinajstić information content (AvgIpc) is 3.20. The van der Waals surface area contributed by atoms with Gasteiger partial charge in [-0.25, -0.2) is 0 Å². The Morgan fingerprint density at radius 2 is 1.80 bits per heavy atom. The van der Waals surface area contributed by atoms with E-state index in [1.165, 1.54) is 29.2 Å². The van der Waals surface area contributed by atoms with Gasteiger partial charge in [0.25, 0.3) is 0 Å². The highest BCUT2D eigenvalue weighted by Crippen LogP contribution is 2.57. The summed E-state index contributed by atoms with van der Waals surface area (Å²) in [5.41, 5.74) is 1.88. The number of hydrogen-bond acceptors (Lipinski definition) is 2. The molecule has 1 N–H and O–H groups in total. The lowest BCUT2D eigenvalue weighted by Gasteiger charge is -2.34. The van der Waals surface area contributed by atoms with Crippen LogP contribution in [0.2, 0.25) is 0 Å². The van der Waals surface area contributed by atoms with Gasteiger partial charge in [-0.15, -0.1) is 0 Å². The number of nitrogens with zero attached hydrogens (tertiary/aromatic N) is 1. The molecule has 2 nitrogen and oxygen atoms in total. The van der Waals surface area contributed by atoms with Crippen molar-refractivity contribution in [1.29, 1.82) is 0 Å². The second-order valence-electron chi connectivity index (χ2n) is 6.33. The standard InChI is InChI=1S/C18H24N2/c1-19-13-18(11-12-18)17(20(2)3)16-10-6-8-14-7-4-5-9-15(14)16/h4-10,17,19H,11-13H2,1-3H3. The van der Waals surface area contributed by atoms with Crippen molar-refractivity contribution in [1.82, 2.24) is 10.2 Å². The van der Waals surface area contributed by atoms with Crippen molar-refractivity contribution in [2.75, 3.05) is 27.7 Å². The highest BCUT2D eigenvalue weighted by Gasteiger charge is 2.50. The first-order chi connectivity index (χ1) is 9.68. The van der Waals surface area contributed by atoms with Crippen LogP contribution in [0.4, 0.5) is 0 Å². The maximum atomic E-state index is 3.40. The maximum Gasteiger partial charge on any atom is 0.0416 e. The molecule has 0 heterocycles. The zero-order valence-electron chi connectivity index (χ0n) is 12.7. The summed E-state index contributed by atoms with van der Waals surface area (Å²) in [5, 5.41) is 6.14. The maximum absolute atomic E-state index is 3.40. The zero-order valence-corrected chi connectivity index (χ0v) is 12.7. The van der Waals surface area contributed by atoms with Crippen LogP contribution in [0.25, 0.3) is 10.8 Å². The predicted molar refractivity (Wildman–Crippen MR) is 86.0 cm³/mol. The van der Waals surface area contributed by atoms with Crippen molar-refractivity contribution >= 4 is 10.8 Å². The van der Waals surface area contributed by atoms with Crippen molar-refractivity contribution in [3.8, 4) is 0 Å². The first-order valence-electron chi connectivity index (χ1n) is 7.47. The Morgan fingerprint density at radius 3 is 2.45 bits per heavy atom. The second kappa shape index (κ2) is 5.19. The molecule has 1 saturated carbocycles. The van der Waals surface area contributed by atoms with Gasteiger partial charge in [0.15, 0.2) is 0 Å². The molecule has 1 unspecified atom stereocenters. The monoisotopic (exact) mass is 268 g/mol. The second-order valence-corrected chi connectivity index (χ2v) is 6.33. The first-order valence-corrected chi connectivity index (χ1v) is 7.47. The first kappa shape index (κ1) is 13.6. The van der Waals surface area contributed by atoms with Crippen LogP contribution in [0.5, 0.6) is 0 Å². The molecule has 2 heteroatoms. The number of rotatable bonds is 5. The Kier molecular flexibility index (Phi) is 3.53. The van der Waals surface area contributed by atoms with Crippen LogP contribution in [-0.4, -0.2) is 32.6 Å². The van der Waals surface area contributed by atoms with E-state index in [4.69, 9.17) is 0 Å². The van der Waals surface area contributed by atoms with Crippen LogP contribution in [0.3, 0.4) is 0 Å². The lowest BCUT2D eigenvalue weighted by molar-refractivity contribution is 0.193. The molecule has 2 aromatic rings. The molecular formula is C18H24N2. The highest BCUT2D eigenvalue weighted by molar-refractivity contribution is 5.86. The van der Waals surface area contributed by atoms with Gasteiger partial charge in [0, 0.05) is 18.0 Å².